The lowest BCUT2D eigenvalue weighted by Crippen LogP contribution is -2.07. The van der Waals surface area contributed by atoms with Crippen molar-refractivity contribution in [3.8, 4) is 0 Å². The number of hydrogen-bond donors (Lipinski definition) is 1. The topological polar surface area (TPSA) is 56.7 Å². The summed E-state index contributed by atoms with van der Waals surface area (Å²) >= 11 is 0. The van der Waals surface area contributed by atoms with Gasteiger partial charge >= 0.3 is 0 Å². The summed E-state index contributed by atoms with van der Waals surface area (Å²) in [5.74, 6) is 5.85. The molecule has 0 unspecified atom stereocenters. The lowest BCUT2D eigenvalue weighted by atomic mass is 10.6. The summed E-state index contributed by atoms with van der Waals surface area (Å²) in [5, 5.41) is 7.11. The maximum Gasteiger partial charge on any atom is 0.174 e. The Morgan fingerprint density at radius 2 is 2.62 bits per heavy atom. The molecule has 4 heteroatoms. The highest BCUT2D eigenvalue weighted by Crippen LogP contribution is 1.87. The molecule has 0 aliphatic heterocycles. The van der Waals surface area contributed by atoms with E-state index in [1.165, 1.54) is 17.1 Å². The summed E-state index contributed by atoms with van der Waals surface area (Å²) in [5.41, 5.74) is 0. The third kappa shape index (κ3) is 0.556. The highest BCUT2D eigenvalue weighted by atomic mass is 15.4. The van der Waals surface area contributed by atoms with Crippen molar-refractivity contribution in [2.45, 2.75) is 0 Å². The molecule has 2 N–H and O–H groups in total. The van der Waals surface area contributed by atoms with E-state index >= 15 is 0 Å². The van der Waals surface area contributed by atoms with Crippen molar-refractivity contribution in [1.29, 1.82) is 0 Å². The van der Waals surface area contributed by atoms with Crippen molar-refractivity contribution in [3.63, 3.8) is 0 Å². The van der Waals surface area contributed by atoms with E-state index in [2.05, 4.69) is 16.8 Å². The zero-order valence-electron chi connectivity index (χ0n) is 4.28. The molecule has 0 aliphatic carbocycles. The Balaban J connectivity index is 3.09. The van der Waals surface area contributed by atoms with E-state index in [1.807, 2.05) is 0 Å². The maximum atomic E-state index is 5.27. The normalized spacial score (nSPS) is 9.00. The second-order valence-corrected chi connectivity index (χ2v) is 1.30. The van der Waals surface area contributed by atoms with Gasteiger partial charge in [0, 0.05) is 0 Å². The van der Waals surface area contributed by atoms with Gasteiger partial charge in [0.15, 0.2) is 5.82 Å². The van der Waals surface area contributed by atoms with E-state index in [0.717, 1.165) is 0 Å². The zero-order chi connectivity index (χ0) is 5.98. The van der Waals surface area contributed by atoms with Crippen LogP contribution in [0.15, 0.2) is 12.9 Å². The van der Waals surface area contributed by atoms with Crippen LogP contribution in [0.25, 0.3) is 6.08 Å². The average Bonchev–Trinajstić information content (AvgIpc) is 2.14. The van der Waals surface area contributed by atoms with E-state index in [9.17, 15) is 0 Å². The van der Waals surface area contributed by atoms with Gasteiger partial charge in [0.1, 0.15) is 6.33 Å². The predicted molar refractivity (Wildman–Crippen MR) is 30.3 cm³/mol. The van der Waals surface area contributed by atoms with E-state index in [4.69, 9.17) is 5.84 Å². The maximum absolute atomic E-state index is 5.27. The van der Waals surface area contributed by atoms with Gasteiger partial charge in [0.25, 0.3) is 0 Å². The number of nitrogens with two attached hydrogens (primary N) is 1. The van der Waals surface area contributed by atoms with E-state index < -0.39 is 0 Å². The molecule has 42 valence electrons. The molecule has 0 aliphatic rings. The van der Waals surface area contributed by atoms with Gasteiger partial charge in [-0.3, -0.25) is 0 Å². The van der Waals surface area contributed by atoms with Crippen LogP contribution in [0.2, 0.25) is 0 Å². The molecule has 0 bridgehead atoms. The highest BCUT2D eigenvalue weighted by Gasteiger charge is 1.89. The van der Waals surface area contributed by atoms with Crippen LogP contribution in [0.3, 0.4) is 0 Å². The zero-order valence-corrected chi connectivity index (χ0v) is 4.28. The molecule has 0 atom stereocenters. The Kier molecular flexibility index (Phi) is 0.997. The van der Waals surface area contributed by atoms with E-state index in [-0.39, 0.29) is 0 Å². The van der Waals surface area contributed by atoms with Crippen LogP contribution in [-0.2, 0) is 0 Å². The largest absolute Gasteiger partial charge is 0.336 e. The lowest BCUT2D eigenvalue weighted by Gasteiger charge is -1.87. The van der Waals surface area contributed by atoms with Crippen LogP contribution < -0.4 is 5.84 Å². The Labute approximate surface area is 46.6 Å². The molecule has 0 radical (unpaired) electrons. The fraction of sp³-hybridized carbons (Fsp3) is 0. The first-order valence-electron chi connectivity index (χ1n) is 2.12. The SMILES string of the molecule is C=Cc1nncn1N. The fourth-order valence-corrected chi connectivity index (χ4v) is 0.398. The van der Waals surface area contributed by atoms with Crippen LogP contribution in [-0.4, -0.2) is 14.9 Å². The predicted octanol–water partition coefficient (Wildman–Crippen LogP) is -0.365. The number of nitrogen functional groups attached to an aromatic ring is 1. The quantitative estimate of drug-likeness (QED) is 0.502. The summed E-state index contributed by atoms with van der Waals surface area (Å²) in [6.45, 7) is 3.46. The molecule has 0 aromatic carbocycles. The Bertz CT molecular complexity index is 190. The van der Waals surface area contributed by atoms with Gasteiger partial charge in [-0.25, -0.2) is 4.68 Å². The van der Waals surface area contributed by atoms with Crippen molar-refractivity contribution >= 4 is 6.08 Å². The van der Waals surface area contributed by atoms with Crippen molar-refractivity contribution in [3.05, 3.63) is 18.7 Å². The van der Waals surface area contributed by atoms with Gasteiger partial charge in [-0.05, 0) is 6.08 Å². The third-order valence-corrected chi connectivity index (χ3v) is 0.783. The molecule has 0 saturated heterocycles. The van der Waals surface area contributed by atoms with Crippen LogP contribution >= 0.6 is 0 Å². The molecule has 1 aromatic heterocycles. The van der Waals surface area contributed by atoms with Gasteiger partial charge in [0.05, 0.1) is 0 Å². The minimum Gasteiger partial charge on any atom is -0.336 e. The summed E-state index contributed by atoms with van der Waals surface area (Å²) in [6.07, 6.45) is 2.95. The molecule has 8 heavy (non-hydrogen) atoms. The molecule has 0 saturated carbocycles. The summed E-state index contributed by atoms with van der Waals surface area (Å²) in [6, 6.07) is 0. The minimum atomic E-state index is 0.574. The van der Waals surface area contributed by atoms with E-state index in [0.29, 0.717) is 5.82 Å². The molecule has 4 nitrogen and oxygen atoms in total. The Morgan fingerprint density at radius 1 is 1.88 bits per heavy atom. The van der Waals surface area contributed by atoms with Gasteiger partial charge < -0.3 is 5.84 Å². The van der Waals surface area contributed by atoms with Gasteiger partial charge in [0.2, 0.25) is 0 Å². The molecule has 0 spiro atoms. The molecule has 0 fully saturated rings. The molecular formula is C4H6N4. The molecule has 1 heterocycles. The monoisotopic (exact) mass is 110 g/mol. The minimum absolute atomic E-state index is 0.574. The second-order valence-electron chi connectivity index (χ2n) is 1.30. The third-order valence-electron chi connectivity index (χ3n) is 0.783. The first kappa shape index (κ1) is 4.83. The van der Waals surface area contributed by atoms with Crippen molar-refractivity contribution < 1.29 is 0 Å². The van der Waals surface area contributed by atoms with Crippen LogP contribution in [0.4, 0.5) is 0 Å². The number of aromatic nitrogens is 3. The molecule has 1 aromatic rings. The Hall–Kier alpha value is -1.32. The molecule has 1 rings (SSSR count). The standard InChI is InChI=1S/C4H6N4/c1-2-4-7-6-3-8(4)5/h2-3H,1,5H2. The van der Waals surface area contributed by atoms with Gasteiger partial charge in [-0.1, -0.05) is 6.58 Å². The number of nitrogens with zero attached hydrogens (tertiary/aromatic N) is 3. The number of rotatable bonds is 1. The van der Waals surface area contributed by atoms with Crippen LogP contribution in [0, 0.1) is 0 Å². The van der Waals surface area contributed by atoms with E-state index in [1.54, 1.807) is 0 Å². The van der Waals surface area contributed by atoms with Crippen molar-refractivity contribution in [2.75, 3.05) is 5.84 Å². The first-order chi connectivity index (χ1) is 3.84. The fourth-order valence-electron chi connectivity index (χ4n) is 0.398. The van der Waals surface area contributed by atoms with Crippen LogP contribution in [0.5, 0.6) is 0 Å². The summed E-state index contributed by atoms with van der Waals surface area (Å²) in [4.78, 5) is 0. The Morgan fingerprint density at radius 3 is 2.88 bits per heavy atom. The number of hydrogen-bond acceptors (Lipinski definition) is 3. The highest BCUT2D eigenvalue weighted by molar-refractivity contribution is 5.35. The first-order valence-corrected chi connectivity index (χ1v) is 2.12. The smallest absolute Gasteiger partial charge is 0.174 e. The summed E-state index contributed by atoms with van der Waals surface area (Å²) < 4.78 is 1.30. The lowest BCUT2D eigenvalue weighted by molar-refractivity contribution is 0.980. The van der Waals surface area contributed by atoms with Crippen molar-refractivity contribution in [1.82, 2.24) is 14.9 Å². The van der Waals surface area contributed by atoms with Gasteiger partial charge in [-0.2, -0.15) is 0 Å². The average molecular weight is 110 g/mol. The van der Waals surface area contributed by atoms with Crippen LogP contribution in [0.1, 0.15) is 5.82 Å². The molecule has 0 amide bonds. The molecular weight excluding hydrogens is 104 g/mol. The van der Waals surface area contributed by atoms with Crippen molar-refractivity contribution in [2.24, 2.45) is 0 Å². The second kappa shape index (κ2) is 1.65. The summed E-state index contributed by atoms with van der Waals surface area (Å²) in [7, 11) is 0. The van der Waals surface area contributed by atoms with Gasteiger partial charge in [-0.15, -0.1) is 10.2 Å².